The molecule has 0 spiro atoms. The van der Waals surface area contributed by atoms with Gasteiger partial charge in [0.1, 0.15) is 0 Å². The normalized spacial score (nSPS) is 13.0. The zero-order chi connectivity index (χ0) is 10.0. The van der Waals surface area contributed by atoms with E-state index in [1.54, 1.807) is 13.0 Å². The van der Waals surface area contributed by atoms with Crippen molar-refractivity contribution in [1.82, 2.24) is 4.98 Å². The highest BCUT2D eigenvalue weighted by Crippen LogP contribution is 2.22. The van der Waals surface area contributed by atoms with Gasteiger partial charge in [0.25, 0.3) is 0 Å². The number of hydrogen-bond donors (Lipinski definition) is 1. The molecule has 0 saturated carbocycles. The zero-order valence-electron chi connectivity index (χ0n) is 7.64. The molecule has 4 heteroatoms. The first-order valence-electron chi connectivity index (χ1n) is 4.14. The van der Waals surface area contributed by atoms with E-state index in [0.717, 1.165) is 12.0 Å². The van der Waals surface area contributed by atoms with Crippen molar-refractivity contribution in [3.05, 3.63) is 27.7 Å². The number of aromatic nitrogens is 1. The van der Waals surface area contributed by atoms with Crippen LogP contribution in [0.15, 0.2) is 10.5 Å². The van der Waals surface area contributed by atoms with Crippen molar-refractivity contribution in [2.24, 2.45) is 5.73 Å². The molecule has 1 atom stereocenters. The van der Waals surface area contributed by atoms with Crippen LogP contribution in [0.5, 0.6) is 0 Å². The minimum absolute atomic E-state index is 0.0654. The van der Waals surface area contributed by atoms with E-state index in [-0.39, 0.29) is 6.04 Å². The van der Waals surface area contributed by atoms with Gasteiger partial charge in [-0.2, -0.15) is 4.39 Å². The van der Waals surface area contributed by atoms with Gasteiger partial charge in [-0.1, -0.05) is 6.92 Å². The molecule has 2 N–H and O–H groups in total. The first-order chi connectivity index (χ1) is 6.06. The van der Waals surface area contributed by atoms with Crippen molar-refractivity contribution >= 4 is 15.9 Å². The predicted molar refractivity (Wildman–Crippen MR) is 53.9 cm³/mol. The number of nitrogens with two attached hydrogens (primary N) is 1. The third-order valence-corrected chi connectivity index (χ3v) is 2.56. The van der Waals surface area contributed by atoms with Crippen LogP contribution in [0.4, 0.5) is 4.39 Å². The van der Waals surface area contributed by atoms with Crippen LogP contribution in [0, 0.1) is 12.9 Å². The highest BCUT2D eigenvalue weighted by atomic mass is 79.9. The second-order valence-corrected chi connectivity index (χ2v) is 3.80. The van der Waals surface area contributed by atoms with Gasteiger partial charge in [0.05, 0.1) is 4.47 Å². The molecular formula is C9H12BrFN2. The predicted octanol–water partition coefficient (Wildman–Crippen LogP) is 2.70. The summed E-state index contributed by atoms with van der Waals surface area (Å²) in [6.07, 6.45) is 0.820. The van der Waals surface area contributed by atoms with Crippen molar-refractivity contribution < 1.29 is 4.39 Å². The quantitative estimate of drug-likeness (QED) is 0.816. The highest BCUT2D eigenvalue weighted by Gasteiger charge is 2.11. The van der Waals surface area contributed by atoms with Gasteiger partial charge in [-0.25, -0.2) is 4.98 Å². The van der Waals surface area contributed by atoms with Gasteiger partial charge in [0.2, 0.25) is 5.95 Å². The molecule has 0 unspecified atom stereocenters. The fourth-order valence-electron chi connectivity index (χ4n) is 1.16. The lowest BCUT2D eigenvalue weighted by atomic mass is 10.0. The Hall–Kier alpha value is -0.480. The molecule has 0 aromatic carbocycles. The Bertz CT molecular complexity index is 315. The third kappa shape index (κ3) is 2.25. The van der Waals surface area contributed by atoms with Gasteiger partial charge in [0.15, 0.2) is 0 Å². The van der Waals surface area contributed by atoms with E-state index in [0.29, 0.717) is 10.2 Å². The molecule has 0 radical (unpaired) electrons. The number of hydrogen-bond acceptors (Lipinski definition) is 2. The van der Waals surface area contributed by atoms with Crippen molar-refractivity contribution in [3.63, 3.8) is 0 Å². The van der Waals surface area contributed by atoms with E-state index in [1.165, 1.54) is 0 Å². The topological polar surface area (TPSA) is 38.9 Å². The Morgan fingerprint density at radius 2 is 2.31 bits per heavy atom. The van der Waals surface area contributed by atoms with Crippen LogP contribution in [0.3, 0.4) is 0 Å². The maximum Gasteiger partial charge on any atom is 0.227 e. The van der Waals surface area contributed by atoms with E-state index in [9.17, 15) is 4.39 Å². The summed E-state index contributed by atoms with van der Waals surface area (Å²) in [7, 11) is 0. The average Bonchev–Trinajstić information content (AvgIpc) is 2.10. The Labute approximate surface area is 85.5 Å². The van der Waals surface area contributed by atoms with Gasteiger partial charge in [-0.05, 0) is 40.9 Å². The molecular weight excluding hydrogens is 235 g/mol. The van der Waals surface area contributed by atoms with E-state index in [1.807, 2.05) is 6.92 Å². The fraction of sp³-hybridized carbons (Fsp3) is 0.444. The number of rotatable bonds is 2. The summed E-state index contributed by atoms with van der Waals surface area (Å²) in [5, 5.41) is 0. The van der Waals surface area contributed by atoms with Crippen molar-refractivity contribution in [2.75, 3.05) is 0 Å². The molecule has 13 heavy (non-hydrogen) atoms. The van der Waals surface area contributed by atoms with Gasteiger partial charge in [-0.15, -0.1) is 0 Å². The highest BCUT2D eigenvalue weighted by molar-refractivity contribution is 9.10. The number of halogens is 2. The molecule has 2 nitrogen and oxygen atoms in total. The van der Waals surface area contributed by atoms with Crippen molar-refractivity contribution in [3.8, 4) is 0 Å². The molecule has 0 bridgehead atoms. The Kier molecular flexibility index (Phi) is 3.39. The van der Waals surface area contributed by atoms with Crippen molar-refractivity contribution in [2.45, 2.75) is 26.3 Å². The van der Waals surface area contributed by atoms with Crippen LogP contribution in [0.2, 0.25) is 0 Å². The Morgan fingerprint density at radius 1 is 1.69 bits per heavy atom. The van der Waals surface area contributed by atoms with Gasteiger partial charge in [-0.3, -0.25) is 0 Å². The minimum Gasteiger partial charge on any atom is -0.324 e. The first-order valence-corrected chi connectivity index (χ1v) is 4.93. The second-order valence-electron chi connectivity index (χ2n) is 2.95. The lowest BCUT2D eigenvalue weighted by Gasteiger charge is -2.12. The van der Waals surface area contributed by atoms with Crippen LogP contribution < -0.4 is 5.73 Å². The molecule has 0 aliphatic rings. The number of nitrogens with zero attached hydrogens (tertiary/aromatic N) is 1. The molecule has 1 aromatic rings. The fourth-order valence-corrected chi connectivity index (χ4v) is 1.50. The molecule has 0 saturated heterocycles. The van der Waals surface area contributed by atoms with Crippen LogP contribution in [0.1, 0.15) is 30.6 Å². The van der Waals surface area contributed by atoms with E-state index < -0.39 is 5.95 Å². The third-order valence-electron chi connectivity index (χ3n) is 2.00. The van der Waals surface area contributed by atoms with Crippen LogP contribution >= 0.6 is 15.9 Å². The molecule has 1 heterocycles. The summed E-state index contributed by atoms with van der Waals surface area (Å²) < 4.78 is 13.3. The average molecular weight is 247 g/mol. The molecule has 0 amide bonds. The summed E-state index contributed by atoms with van der Waals surface area (Å²) >= 11 is 3.08. The molecule has 1 aromatic heterocycles. The molecule has 72 valence electrons. The summed E-state index contributed by atoms with van der Waals surface area (Å²) in [5.74, 6) is -0.482. The van der Waals surface area contributed by atoms with Crippen LogP contribution in [-0.4, -0.2) is 4.98 Å². The van der Waals surface area contributed by atoms with Crippen LogP contribution in [0.25, 0.3) is 0 Å². The zero-order valence-corrected chi connectivity index (χ0v) is 9.23. The molecule has 1 rings (SSSR count). The van der Waals surface area contributed by atoms with Gasteiger partial charge in [0, 0.05) is 11.7 Å². The minimum atomic E-state index is -0.482. The molecule has 0 aliphatic heterocycles. The second kappa shape index (κ2) is 4.15. The van der Waals surface area contributed by atoms with Crippen LogP contribution in [-0.2, 0) is 0 Å². The first kappa shape index (κ1) is 10.6. The Balaban J connectivity index is 3.15. The van der Waals surface area contributed by atoms with Gasteiger partial charge >= 0.3 is 0 Å². The monoisotopic (exact) mass is 246 g/mol. The SMILES string of the molecule is CC[C@@H](N)c1cc(Br)c(F)nc1C. The molecule has 0 fully saturated rings. The van der Waals surface area contributed by atoms with Gasteiger partial charge < -0.3 is 5.73 Å². The number of pyridine rings is 1. The maximum atomic E-state index is 12.9. The standard InChI is InChI=1S/C9H12BrFN2/c1-3-8(12)6-4-7(10)9(11)13-5(6)2/h4,8H,3,12H2,1-2H3/t8-/m1/s1. The summed E-state index contributed by atoms with van der Waals surface area (Å²) in [5.41, 5.74) is 7.39. The largest absolute Gasteiger partial charge is 0.324 e. The maximum absolute atomic E-state index is 12.9. The summed E-state index contributed by atoms with van der Waals surface area (Å²) in [4.78, 5) is 3.75. The Morgan fingerprint density at radius 3 is 2.85 bits per heavy atom. The summed E-state index contributed by atoms with van der Waals surface area (Å²) in [6.45, 7) is 3.75. The lowest BCUT2D eigenvalue weighted by molar-refractivity contribution is 0.566. The molecule has 0 aliphatic carbocycles. The van der Waals surface area contributed by atoms with E-state index in [4.69, 9.17) is 5.73 Å². The summed E-state index contributed by atoms with van der Waals surface area (Å²) in [6, 6.07) is 1.63. The van der Waals surface area contributed by atoms with Crippen molar-refractivity contribution in [1.29, 1.82) is 0 Å². The smallest absolute Gasteiger partial charge is 0.227 e. The van der Waals surface area contributed by atoms with E-state index >= 15 is 0 Å². The van der Waals surface area contributed by atoms with E-state index in [2.05, 4.69) is 20.9 Å². The number of aryl methyl sites for hydroxylation is 1. The lowest BCUT2D eigenvalue weighted by Crippen LogP contribution is -2.11.